The fourth-order valence-corrected chi connectivity index (χ4v) is 3.16. The Hall–Kier alpha value is -0.440. The van der Waals surface area contributed by atoms with Crippen molar-refractivity contribution in [2.75, 3.05) is 6.54 Å². The molecular formula is C15H13Cl4N. The van der Waals surface area contributed by atoms with Crippen LogP contribution in [-0.4, -0.2) is 6.54 Å². The van der Waals surface area contributed by atoms with Crippen LogP contribution < -0.4 is 5.32 Å². The first-order valence-electron chi connectivity index (χ1n) is 6.17. The SMILES string of the molecule is CCNCc1cc(-c2c(Cl)cc(Cl)cc2Cl)ccc1Cl. The number of hydrogen-bond donors (Lipinski definition) is 1. The van der Waals surface area contributed by atoms with E-state index in [-0.39, 0.29) is 0 Å². The largest absolute Gasteiger partial charge is 0.313 e. The molecule has 2 aromatic rings. The van der Waals surface area contributed by atoms with Crippen molar-refractivity contribution in [3.05, 3.63) is 56.0 Å². The highest BCUT2D eigenvalue weighted by molar-refractivity contribution is 6.41. The molecule has 0 fully saturated rings. The molecule has 5 heteroatoms. The molecule has 106 valence electrons. The average molecular weight is 349 g/mol. The summed E-state index contributed by atoms with van der Waals surface area (Å²) in [5.74, 6) is 0. The Balaban J connectivity index is 2.48. The fourth-order valence-electron chi connectivity index (χ4n) is 1.94. The summed E-state index contributed by atoms with van der Waals surface area (Å²) in [6.45, 7) is 3.62. The van der Waals surface area contributed by atoms with Gasteiger partial charge >= 0.3 is 0 Å². The molecule has 0 atom stereocenters. The number of nitrogens with one attached hydrogen (secondary N) is 1. The molecule has 0 saturated carbocycles. The maximum absolute atomic E-state index is 6.25. The second kappa shape index (κ2) is 7.02. The molecule has 2 rings (SSSR count). The summed E-state index contributed by atoms with van der Waals surface area (Å²) in [5, 5.41) is 5.54. The van der Waals surface area contributed by atoms with E-state index in [1.807, 2.05) is 25.1 Å². The lowest BCUT2D eigenvalue weighted by molar-refractivity contribution is 0.727. The molecule has 20 heavy (non-hydrogen) atoms. The van der Waals surface area contributed by atoms with Gasteiger partial charge in [0, 0.05) is 22.2 Å². The van der Waals surface area contributed by atoms with Crippen molar-refractivity contribution in [2.24, 2.45) is 0 Å². The van der Waals surface area contributed by atoms with Gasteiger partial charge in [-0.25, -0.2) is 0 Å². The van der Waals surface area contributed by atoms with Crippen molar-refractivity contribution in [2.45, 2.75) is 13.5 Å². The molecule has 0 bridgehead atoms. The molecule has 1 nitrogen and oxygen atoms in total. The topological polar surface area (TPSA) is 12.0 Å². The van der Waals surface area contributed by atoms with Crippen LogP contribution in [0.25, 0.3) is 11.1 Å². The Kier molecular flexibility index (Phi) is 5.59. The van der Waals surface area contributed by atoms with Crippen LogP contribution in [0.15, 0.2) is 30.3 Å². The van der Waals surface area contributed by atoms with Crippen molar-refractivity contribution in [1.82, 2.24) is 5.32 Å². The summed E-state index contributed by atoms with van der Waals surface area (Å²) in [7, 11) is 0. The van der Waals surface area contributed by atoms with E-state index in [1.165, 1.54) is 0 Å². The molecule has 2 aromatic carbocycles. The number of hydrogen-bond acceptors (Lipinski definition) is 1. The molecule has 0 unspecified atom stereocenters. The molecule has 0 aromatic heterocycles. The summed E-state index contributed by atoms with van der Waals surface area (Å²) in [4.78, 5) is 0. The van der Waals surface area contributed by atoms with Gasteiger partial charge in [-0.15, -0.1) is 0 Å². The first kappa shape index (κ1) is 15.9. The predicted octanol–water partition coefficient (Wildman–Crippen LogP) is 6.08. The molecule has 0 heterocycles. The highest BCUT2D eigenvalue weighted by atomic mass is 35.5. The summed E-state index contributed by atoms with van der Waals surface area (Å²) in [5.41, 5.74) is 2.70. The van der Waals surface area contributed by atoms with Crippen LogP contribution in [0.5, 0.6) is 0 Å². The van der Waals surface area contributed by atoms with Gasteiger partial charge in [-0.2, -0.15) is 0 Å². The molecule has 0 aliphatic carbocycles. The average Bonchev–Trinajstić information content (AvgIpc) is 2.38. The van der Waals surface area contributed by atoms with Gasteiger partial charge in [-0.3, -0.25) is 0 Å². The van der Waals surface area contributed by atoms with Crippen LogP contribution in [0.1, 0.15) is 12.5 Å². The minimum absolute atomic E-state index is 0.519. The molecule has 1 N–H and O–H groups in total. The lowest BCUT2D eigenvalue weighted by Gasteiger charge is -2.11. The van der Waals surface area contributed by atoms with E-state index < -0.39 is 0 Å². The molecule has 0 aliphatic heterocycles. The van der Waals surface area contributed by atoms with Crippen LogP contribution in [0, 0.1) is 0 Å². The first-order chi connectivity index (χ1) is 9.52. The number of halogens is 4. The maximum Gasteiger partial charge on any atom is 0.0514 e. The van der Waals surface area contributed by atoms with Crippen LogP contribution >= 0.6 is 46.4 Å². The summed E-state index contributed by atoms with van der Waals surface area (Å²) < 4.78 is 0. The Morgan fingerprint density at radius 1 is 0.900 bits per heavy atom. The zero-order valence-corrected chi connectivity index (χ0v) is 13.8. The highest BCUT2D eigenvalue weighted by Crippen LogP contribution is 2.38. The van der Waals surface area contributed by atoms with Crippen LogP contribution in [0.2, 0.25) is 20.1 Å². The van der Waals surface area contributed by atoms with Gasteiger partial charge in [-0.1, -0.05) is 59.4 Å². The molecule has 0 amide bonds. The minimum atomic E-state index is 0.519. The fraction of sp³-hybridized carbons (Fsp3) is 0.200. The monoisotopic (exact) mass is 347 g/mol. The van der Waals surface area contributed by atoms with E-state index in [4.69, 9.17) is 46.4 Å². The summed E-state index contributed by atoms with van der Waals surface area (Å²) in [6.07, 6.45) is 0. The van der Waals surface area contributed by atoms with Gasteiger partial charge in [0.2, 0.25) is 0 Å². The van der Waals surface area contributed by atoms with Crippen LogP contribution in [-0.2, 0) is 6.54 Å². The van der Waals surface area contributed by atoms with Crippen LogP contribution in [0.3, 0.4) is 0 Å². The van der Waals surface area contributed by atoms with E-state index in [9.17, 15) is 0 Å². The van der Waals surface area contributed by atoms with E-state index in [1.54, 1.807) is 12.1 Å². The lowest BCUT2D eigenvalue weighted by Crippen LogP contribution is -2.12. The van der Waals surface area contributed by atoms with Crippen molar-refractivity contribution < 1.29 is 0 Å². The smallest absolute Gasteiger partial charge is 0.0514 e. The molecule has 0 saturated heterocycles. The highest BCUT2D eigenvalue weighted by Gasteiger charge is 2.12. The zero-order valence-electron chi connectivity index (χ0n) is 10.8. The standard InChI is InChI=1S/C15H13Cl4N/c1-2-20-8-10-5-9(3-4-12(10)17)15-13(18)6-11(16)7-14(15)19/h3-7,20H,2,8H2,1H3. The van der Waals surface area contributed by atoms with Gasteiger partial charge in [0.05, 0.1) is 10.0 Å². The Bertz CT molecular complexity index is 602. The van der Waals surface area contributed by atoms with Gasteiger partial charge in [0.15, 0.2) is 0 Å². The lowest BCUT2D eigenvalue weighted by atomic mass is 10.0. The summed E-state index contributed by atoms with van der Waals surface area (Å²) >= 11 is 24.6. The van der Waals surface area contributed by atoms with E-state index >= 15 is 0 Å². The van der Waals surface area contributed by atoms with Gasteiger partial charge in [-0.05, 0) is 41.9 Å². The third-order valence-electron chi connectivity index (χ3n) is 2.91. The van der Waals surface area contributed by atoms with Gasteiger partial charge < -0.3 is 5.32 Å². The molecule has 0 aliphatic rings. The zero-order chi connectivity index (χ0) is 14.7. The van der Waals surface area contributed by atoms with Crippen molar-refractivity contribution in [3.63, 3.8) is 0 Å². The van der Waals surface area contributed by atoms with E-state index in [2.05, 4.69) is 5.32 Å². The second-order valence-corrected chi connectivity index (χ2v) is 5.99. The third kappa shape index (κ3) is 3.60. The van der Waals surface area contributed by atoms with Gasteiger partial charge in [0.25, 0.3) is 0 Å². The Morgan fingerprint density at radius 3 is 2.15 bits per heavy atom. The minimum Gasteiger partial charge on any atom is -0.313 e. The molecule has 0 spiro atoms. The molecule has 0 radical (unpaired) electrons. The quantitative estimate of drug-likeness (QED) is 0.706. The van der Waals surface area contributed by atoms with Gasteiger partial charge in [0.1, 0.15) is 0 Å². The van der Waals surface area contributed by atoms with Crippen molar-refractivity contribution >= 4 is 46.4 Å². The van der Waals surface area contributed by atoms with Crippen molar-refractivity contribution in [3.8, 4) is 11.1 Å². The van der Waals surface area contributed by atoms with Crippen LogP contribution in [0.4, 0.5) is 0 Å². The van der Waals surface area contributed by atoms with E-state index in [0.717, 1.165) is 28.3 Å². The van der Waals surface area contributed by atoms with Crippen molar-refractivity contribution in [1.29, 1.82) is 0 Å². The maximum atomic E-state index is 6.25. The Morgan fingerprint density at radius 2 is 1.55 bits per heavy atom. The van der Waals surface area contributed by atoms with E-state index in [0.29, 0.717) is 21.6 Å². The first-order valence-corrected chi connectivity index (χ1v) is 7.68. The summed E-state index contributed by atoms with van der Waals surface area (Å²) in [6, 6.07) is 9.11. The second-order valence-electron chi connectivity index (χ2n) is 4.33. The normalized spacial score (nSPS) is 10.8. The predicted molar refractivity (Wildman–Crippen MR) is 89.3 cm³/mol. The number of benzene rings is 2. The Labute approximate surface area is 138 Å². The molecular weight excluding hydrogens is 336 g/mol. The third-order valence-corrected chi connectivity index (χ3v) is 4.09. The number of rotatable bonds is 4.